The van der Waals surface area contributed by atoms with Gasteiger partial charge in [0.15, 0.2) is 0 Å². The van der Waals surface area contributed by atoms with E-state index in [0.717, 1.165) is 6.42 Å². The molecule has 1 aromatic rings. The number of hydrogen-bond acceptors (Lipinski definition) is 1. The van der Waals surface area contributed by atoms with E-state index in [2.05, 4.69) is 44.2 Å². The number of allylic oxidation sites excluding steroid dienone is 1. The van der Waals surface area contributed by atoms with Crippen LogP contribution in [0.5, 0.6) is 0 Å². The van der Waals surface area contributed by atoms with Crippen molar-refractivity contribution in [3.05, 3.63) is 41.5 Å². The lowest BCUT2D eigenvalue weighted by Crippen LogP contribution is -2.24. The molecule has 0 spiro atoms. The van der Waals surface area contributed by atoms with Crippen molar-refractivity contribution >= 4 is 11.5 Å². The number of hydrogen-bond donors (Lipinski definition) is 0. The Kier molecular flexibility index (Phi) is 3.29. The number of benzene rings is 1. The zero-order valence-electron chi connectivity index (χ0n) is 11.7. The van der Waals surface area contributed by atoms with Gasteiger partial charge in [0, 0.05) is 20.5 Å². The third-order valence-electron chi connectivity index (χ3n) is 3.78. The number of rotatable bonds is 2. The van der Waals surface area contributed by atoms with Crippen LogP contribution in [-0.4, -0.2) is 24.4 Å². The summed E-state index contributed by atoms with van der Waals surface area (Å²) < 4.78 is 0. The average molecular weight is 243 g/mol. The number of carbonyl (C=O) groups is 1. The van der Waals surface area contributed by atoms with Crippen LogP contribution in [0.3, 0.4) is 0 Å². The molecule has 1 amide bonds. The summed E-state index contributed by atoms with van der Waals surface area (Å²) in [4.78, 5) is 13.0. The van der Waals surface area contributed by atoms with E-state index in [1.807, 2.05) is 7.05 Å². The van der Waals surface area contributed by atoms with Crippen LogP contribution in [0.15, 0.2) is 30.3 Å². The molecule has 0 aromatic heterocycles. The minimum Gasteiger partial charge on any atom is -0.342 e. The first-order valence-corrected chi connectivity index (χ1v) is 6.42. The third kappa shape index (κ3) is 2.33. The topological polar surface area (TPSA) is 20.3 Å². The van der Waals surface area contributed by atoms with Crippen molar-refractivity contribution in [1.29, 1.82) is 0 Å². The molecule has 0 radical (unpaired) electrons. The van der Waals surface area contributed by atoms with Crippen molar-refractivity contribution < 1.29 is 4.79 Å². The van der Waals surface area contributed by atoms with Gasteiger partial charge < -0.3 is 4.90 Å². The largest absolute Gasteiger partial charge is 0.342 e. The van der Waals surface area contributed by atoms with Gasteiger partial charge in [0.25, 0.3) is 0 Å². The molecule has 0 unspecified atom stereocenters. The molecule has 0 aliphatic heterocycles. The quantitative estimate of drug-likeness (QED) is 0.781. The van der Waals surface area contributed by atoms with Gasteiger partial charge in [0.1, 0.15) is 0 Å². The second-order valence-electron chi connectivity index (χ2n) is 5.74. The second-order valence-corrected chi connectivity index (χ2v) is 5.74. The summed E-state index contributed by atoms with van der Waals surface area (Å²) in [5, 5.41) is 0. The van der Waals surface area contributed by atoms with Crippen molar-refractivity contribution in [2.24, 2.45) is 5.41 Å². The van der Waals surface area contributed by atoms with Crippen LogP contribution in [0, 0.1) is 5.41 Å². The Morgan fingerprint density at radius 3 is 2.72 bits per heavy atom. The number of carbonyl (C=O) groups excluding carboxylic acids is 1. The predicted molar refractivity (Wildman–Crippen MR) is 75.2 cm³/mol. The molecule has 2 heteroatoms. The van der Waals surface area contributed by atoms with Crippen molar-refractivity contribution in [3.63, 3.8) is 0 Å². The molecule has 96 valence electrons. The Hall–Kier alpha value is -1.57. The van der Waals surface area contributed by atoms with Gasteiger partial charge in [-0.3, -0.25) is 4.79 Å². The zero-order valence-corrected chi connectivity index (χ0v) is 11.7. The lowest BCUT2D eigenvalue weighted by Gasteiger charge is -2.21. The van der Waals surface area contributed by atoms with E-state index < -0.39 is 0 Å². The van der Waals surface area contributed by atoms with Gasteiger partial charge in [0.05, 0.1) is 0 Å². The minimum atomic E-state index is 0.107. The third-order valence-corrected chi connectivity index (χ3v) is 3.78. The molecule has 0 atom stereocenters. The fourth-order valence-corrected chi connectivity index (χ4v) is 2.62. The number of fused-ring (bicyclic) bond motifs is 1. The predicted octanol–water partition coefficient (Wildman–Crippen LogP) is 3.13. The van der Waals surface area contributed by atoms with Gasteiger partial charge in [-0.2, -0.15) is 0 Å². The molecule has 1 aliphatic carbocycles. The highest BCUT2D eigenvalue weighted by Crippen LogP contribution is 2.45. The first-order chi connectivity index (χ1) is 8.42. The summed E-state index contributed by atoms with van der Waals surface area (Å²) in [7, 11) is 1.84. The van der Waals surface area contributed by atoms with Crippen LogP contribution in [0.1, 0.15) is 31.9 Å². The molecular formula is C16H21NO. The van der Waals surface area contributed by atoms with Crippen LogP contribution in [0.25, 0.3) is 5.57 Å². The van der Waals surface area contributed by atoms with Crippen LogP contribution in [-0.2, 0) is 11.2 Å². The summed E-state index contributed by atoms with van der Waals surface area (Å²) in [6.07, 6.45) is 3.28. The van der Waals surface area contributed by atoms with Crippen LogP contribution in [0.2, 0.25) is 0 Å². The fraction of sp³-hybridized carbons (Fsp3) is 0.438. The lowest BCUT2D eigenvalue weighted by molar-refractivity contribution is -0.127. The van der Waals surface area contributed by atoms with Crippen molar-refractivity contribution in [2.75, 3.05) is 13.6 Å². The summed E-state index contributed by atoms with van der Waals surface area (Å²) in [6, 6.07) is 8.57. The second kappa shape index (κ2) is 4.60. The molecule has 1 aromatic carbocycles. The summed E-state index contributed by atoms with van der Waals surface area (Å²) in [5.74, 6) is 0.107. The Bertz CT molecular complexity index is 500. The molecule has 2 rings (SSSR count). The van der Waals surface area contributed by atoms with Crippen molar-refractivity contribution in [2.45, 2.75) is 27.2 Å². The Balaban J connectivity index is 2.31. The highest BCUT2D eigenvalue weighted by molar-refractivity contribution is 5.78. The van der Waals surface area contributed by atoms with E-state index in [4.69, 9.17) is 0 Å². The van der Waals surface area contributed by atoms with Gasteiger partial charge >= 0.3 is 0 Å². The van der Waals surface area contributed by atoms with Crippen LogP contribution >= 0.6 is 0 Å². The normalized spacial score (nSPS) is 18.8. The lowest BCUT2D eigenvalue weighted by atomic mass is 9.85. The highest BCUT2D eigenvalue weighted by atomic mass is 16.2. The summed E-state index contributed by atoms with van der Waals surface area (Å²) in [5.41, 5.74) is 4.30. The maximum absolute atomic E-state index is 11.3. The molecule has 0 fully saturated rings. The fourth-order valence-electron chi connectivity index (χ4n) is 2.62. The summed E-state index contributed by atoms with van der Waals surface area (Å²) >= 11 is 0. The van der Waals surface area contributed by atoms with E-state index in [-0.39, 0.29) is 11.3 Å². The smallest absolute Gasteiger partial charge is 0.219 e. The molecule has 1 aliphatic rings. The molecular weight excluding hydrogens is 222 g/mol. The van der Waals surface area contributed by atoms with E-state index in [1.54, 1.807) is 11.8 Å². The minimum absolute atomic E-state index is 0.107. The Morgan fingerprint density at radius 2 is 2.06 bits per heavy atom. The zero-order chi connectivity index (χ0) is 13.3. The molecule has 0 bridgehead atoms. The molecule has 2 nitrogen and oxygen atoms in total. The van der Waals surface area contributed by atoms with E-state index in [9.17, 15) is 4.79 Å². The monoisotopic (exact) mass is 243 g/mol. The SMILES string of the molecule is CC(=O)N(C)C/C=C1/c2ccccc2CC1(C)C. The molecule has 18 heavy (non-hydrogen) atoms. The first-order valence-electron chi connectivity index (χ1n) is 6.42. The van der Waals surface area contributed by atoms with Gasteiger partial charge in [-0.1, -0.05) is 44.2 Å². The number of amides is 1. The average Bonchev–Trinajstić information content (AvgIpc) is 2.55. The number of nitrogens with zero attached hydrogens (tertiary/aromatic N) is 1. The van der Waals surface area contributed by atoms with Gasteiger partial charge in [-0.25, -0.2) is 0 Å². The number of likely N-dealkylation sites (N-methyl/N-ethyl adjacent to an activating group) is 1. The Labute approximate surface area is 109 Å². The standard InChI is InChI=1S/C16H21NO/c1-12(18)17(4)10-9-15-14-8-6-5-7-13(14)11-16(15,2)3/h5-9H,10-11H2,1-4H3/b15-9-. The van der Waals surface area contributed by atoms with Gasteiger partial charge in [-0.15, -0.1) is 0 Å². The maximum atomic E-state index is 11.3. The maximum Gasteiger partial charge on any atom is 0.219 e. The van der Waals surface area contributed by atoms with E-state index >= 15 is 0 Å². The van der Waals surface area contributed by atoms with Crippen LogP contribution in [0.4, 0.5) is 0 Å². The van der Waals surface area contributed by atoms with Crippen molar-refractivity contribution in [1.82, 2.24) is 4.90 Å². The highest BCUT2D eigenvalue weighted by Gasteiger charge is 2.32. The Morgan fingerprint density at radius 1 is 1.39 bits per heavy atom. The van der Waals surface area contributed by atoms with E-state index in [0.29, 0.717) is 6.54 Å². The van der Waals surface area contributed by atoms with Crippen molar-refractivity contribution in [3.8, 4) is 0 Å². The molecule has 0 N–H and O–H groups in total. The van der Waals surface area contributed by atoms with Crippen LogP contribution < -0.4 is 0 Å². The first kappa shape index (κ1) is 12.9. The molecule has 0 heterocycles. The molecule has 0 saturated carbocycles. The summed E-state index contributed by atoms with van der Waals surface area (Å²) in [6.45, 7) is 6.83. The van der Waals surface area contributed by atoms with Gasteiger partial charge in [0.2, 0.25) is 5.91 Å². The van der Waals surface area contributed by atoms with E-state index in [1.165, 1.54) is 16.7 Å². The van der Waals surface area contributed by atoms with Gasteiger partial charge in [-0.05, 0) is 28.5 Å². The molecule has 0 saturated heterocycles.